The normalized spacial score (nSPS) is 14.0. The van der Waals surface area contributed by atoms with Crippen LogP contribution in [0.4, 0.5) is 0 Å². The molecule has 4 rings (SSSR count). The summed E-state index contributed by atoms with van der Waals surface area (Å²) in [5, 5.41) is 0. The maximum Gasteiger partial charge on any atom is 0.0167 e. The lowest BCUT2D eigenvalue weighted by atomic mass is 9.87. The van der Waals surface area contributed by atoms with Crippen molar-refractivity contribution in [2.24, 2.45) is 5.92 Å². The molecule has 1 aliphatic carbocycles. The van der Waals surface area contributed by atoms with E-state index in [1.165, 1.54) is 50.9 Å². The molecule has 1 radical (unpaired) electrons. The highest BCUT2D eigenvalue weighted by atomic mass is 14.3. The topological polar surface area (TPSA) is 0 Å². The summed E-state index contributed by atoms with van der Waals surface area (Å²) in [4.78, 5) is 0. The first-order chi connectivity index (χ1) is 13.2. The van der Waals surface area contributed by atoms with Crippen LogP contribution in [0, 0.1) is 12.3 Å². The average molecular weight is 352 g/mol. The highest BCUT2D eigenvalue weighted by Crippen LogP contribution is 2.43. The van der Waals surface area contributed by atoms with Crippen molar-refractivity contribution in [1.29, 1.82) is 0 Å². The molecule has 1 atom stereocenters. The number of hydrogen-bond donors (Lipinski definition) is 0. The highest BCUT2D eigenvalue weighted by molar-refractivity contribution is 5.92. The molecular weight excluding hydrogens is 324 g/mol. The van der Waals surface area contributed by atoms with Gasteiger partial charge in [0.05, 0.1) is 0 Å². The van der Waals surface area contributed by atoms with Gasteiger partial charge in [-0.25, -0.2) is 0 Å². The second kappa shape index (κ2) is 7.56. The summed E-state index contributed by atoms with van der Waals surface area (Å²) in [6.07, 6.45) is 7.03. The van der Waals surface area contributed by atoms with Crippen LogP contribution < -0.4 is 0 Å². The lowest BCUT2D eigenvalue weighted by molar-refractivity contribution is 0.669. The Labute approximate surface area is 163 Å². The molecule has 0 bridgehead atoms. The Morgan fingerprint density at radius 3 is 2.19 bits per heavy atom. The van der Waals surface area contributed by atoms with Crippen molar-refractivity contribution in [3.8, 4) is 22.3 Å². The lowest BCUT2D eigenvalue weighted by Gasteiger charge is -2.17. The van der Waals surface area contributed by atoms with E-state index in [0.717, 1.165) is 6.42 Å². The third kappa shape index (κ3) is 3.25. The van der Waals surface area contributed by atoms with Crippen LogP contribution in [0.5, 0.6) is 0 Å². The summed E-state index contributed by atoms with van der Waals surface area (Å²) in [6, 6.07) is 24.2. The molecule has 0 amide bonds. The van der Waals surface area contributed by atoms with E-state index < -0.39 is 0 Å². The van der Waals surface area contributed by atoms with Crippen LogP contribution in [0.3, 0.4) is 0 Å². The van der Waals surface area contributed by atoms with Gasteiger partial charge in [-0.3, -0.25) is 0 Å². The summed E-state index contributed by atoms with van der Waals surface area (Å²) in [6.45, 7) is 6.85. The molecule has 0 heteroatoms. The summed E-state index contributed by atoms with van der Waals surface area (Å²) in [5.74, 6) is 0.597. The average Bonchev–Trinajstić information content (AvgIpc) is 3.17. The predicted octanol–water partition coefficient (Wildman–Crippen LogP) is 7.58. The molecule has 0 saturated heterocycles. The van der Waals surface area contributed by atoms with Crippen molar-refractivity contribution in [3.05, 3.63) is 95.4 Å². The molecule has 0 heterocycles. The summed E-state index contributed by atoms with van der Waals surface area (Å²) >= 11 is 0. The number of fused-ring (bicyclic) bond motifs is 1. The van der Waals surface area contributed by atoms with Crippen LogP contribution in [-0.2, 0) is 6.42 Å². The van der Waals surface area contributed by atoms with E-state index in [1.54, 1.807) is 0 Å². The fourth-order valence-electron chi connectivity index (χ4n) is 4.05. The van der Waals surface area contributed by atoms with E-state index in [9.17, 15) is 0 Å². The van der Waals surface area contributed by atoms with Gasteiger partial charge >= 0.3 is 0 Å². The second-order valence-corrected chi connectivity index (χ2v) is 7.47. The lowest BCUT2D eigenvalue weighted by Crippen LogP contribution is -1.96. The smallest absolute Gasteiger partial charge is 0.0167 e. The molecule has 0 fully saturated rings. The first kappa shape index (κ1) is 17.8. The molecule has 0 aromatic heterocycles. The quantitative estimate of drug-likeness (QED) is 0.444. The zero-order valence-electron chi connectivity index (χ0n) is 16.5. The van der Waals surface area contributed by atoms with Gasteiger partial charge in [-0.1, -0.05) is 99.2 Å². The summed E-state index contributed by atoms with van der Waals surface area (Å²) in [7, 11) is 0. The van der Waals surface area contributed by atoms with E-state index in [2.05, 4.69) is 100.0 Å². The Morgan fingerprint density at radius 1 is 0.778 bits per heavy atom. The molecule has 3 aromatic rings. The van der Waals surface area contributed by atoms with Gasteiger partial charge in [-0.2, -0.15) is 0 Å². The molecule has 0 spiro atoms. The van der Waals surface area contributed by atoms with Crippen LogP contribution >= 0.6 is 0 Å². The van der Waals surface area contributed by atoms with E-state index in [1.807, 2.05) is 0 Å². The monoisotopic (exact) mass is 351 g/mol. The largest absolute Gasteiger partial charge is 0.0648 e. The third-order valence-corrected chi connectivity index (χ3v) is 5.84. The minimum absolute atomic E-state index is 0.597. The van der Waals surface area contributed by atoms with Gasteiger partial charge in [-0.05, 0) is 57.7 Å². The van der Waals surface area contributed by atoms with Gasteiger partial charge in [0.15, 0.2) is 0 Å². The molecule has 0 aliphatic heterocycles. The Kier molecular flexibility index (Phi) is 4.99. The molecule has 0 nitrogen and oxygen atoms in total. The standard InChI is InChI=1S/C27H27/c1-4-19(3)23-17-22-16-15-20(5-2)27(26(22)18-23)25-14-10-9-13-24(25)21-11-7-6-8-12-21/h6-19H,4-5H2,1-3H3. The van der Waals surface area contributed by atoms with Crippen molar-refractivity contribution in [1.82, 2.24) is 0 Å². The molecule has 27 heavy (non-hydrogen) atoms. The van der Waals surface area contributed by atoms with Crippen molar-refractivity contribution in [3.63, 3.8) is 0 Å². The zero-order valence-corrected chi connectivity index (χ0v) is 16.5. The van der Waals surface area contributed by atoms with Gasteiger partial charge in [0.2, 0.25) is 0 Å². The third-order valence-electron chi connectivity index (χ3n) is 5.84. The van der Waals surface area contributed by atoms with Crippen LogP contribution in [0.25, 0.3) is 28.3 Å². The highest BCUT2D eigenvalue weighted by Gasteiger charge is 2.23. The van der Waals surface area contributed by atoms with Crippen LogP contribution in [-0.4, -0.2) is 0 Å². The Bertz CT molecular complexity index is 976. The van der Waals surface area contributed by atoms with Gasteiger partial charge in [0, 0.05) is 6.42 Å². The minimum atomic E-state index is 0.597. The Hall–Kier alpha value is -2.60. The first-order valence-electron chi connectivity index (χ1n) is 10.1. The van der Waals surface area contributed by atoms with Gasteiger partial charge in [-0.15, -0.1) is 0 Å². The SMILES string of the molecule is CCc1ccc2c(c1-c1ccccc1-c1ccccc1)C=C(C(C)CC)[CH]2. The van der Waals surface area contributed by atoms with Crippen molar-refractivity contribution < 1.29 is 0 Å². The second-order valence-electron chi connectivity index (χ2n) is 7.47. The number of allylic oxidation sites excluding steroid dienone is 1. The van der Waals surface area contributed by atoms with E-state index in [4.69, 9.17) is 0 Å². The molecule has 1 unspecified atom stereocenters. The predicted molar refractivity (Wildman–Crippen MR) is 118 cm³/mol. The van der Waals surface area contributed by atoms with Crippen LogP contribution in [0.15, 0.2) is 72.3 Å². The number of rotatable bonds is 5. The maximum atomic E-state index is 2.43. The summed E-state index contributed by atoms with van der Waals surface area (Å²) in [5.41, 5.74) is 11.0. The van der Waals surface area contributed by atoms with Crippen molar-refractivity contribution >= 4 is 6.08 Å². The van der Waals surface area contributed by atoms with Gasteiger partial charge in [0.1, 0.15) is 0 Å². The van der Waals surface area contributed by atoms with E-state index >= 15 is 0 Å². The molecule has 0 N–H and O–H groups in total. The van der Waals surface area contributed by atoms with Gasteiger partial charge < -0.3 is 0 Å². The Balaban J connectivity index is 1.94. The molecular formula is C27H27. The first-order valence-corrected chi connectivity index (χ1v) is 10.1. The molecule has 1 aliphatic rings. The fraction of sp³-hybridized carbons (Fsp3) is 0.222. The van der Waals surface area contributed by atoms with E-state index in [0.29, 0.717) is 5.92 Å². The van der Waals surface area contributed by atoms with Crippen molar-refractivity contribution in [2.75, 3.05) is 0 Å². The zero-order chi connectivity index (χ0) is 18.8. The van der Waals surface area contributed by atoms with E-state index in [-0.39, 0.29) is 0 Å². The minimum Gasteiger partial charge on any atom is -0.0648 e. The number of benzene rings is 3. The Morgan fingerprint density at radius 2 is 1.48 bits per heavy atom. The molecule has 135 valence electrons. The van der Waals surface area contributed by atoms with Crippen molar-refractivity contribution in [2.45, 2.75) is 33.6 Å². The molecule has 3 aromatic carbocycles. The van der Waals surface area contributed by atoms with Crippen LogP contribution in [0.2, 0.25) is 0 Å². The number of hydrogen-bond acceptors (Lipinski definition) is 0. The molecule has 0 saturated carbocycles. The maximum absolute atomic E-state index is 2.43. The summed E-state index contributed by atoms with van der Waals surface area (Å²) < 4.78 is 0. The fourth-order valence-corrected chi connectivity index (χ4v) is 4.05. The van der Waals surface area contributed by atoms with Gasteiger partial charge in [0.25, 0.3) is 0 Å². The number of aryl methyl sites for hydroxylation is 1. The van der Waals surface area contributed by atoms with Crippen LogP contribution in [0.1, 0.15) is 43.9 Å².